The first-order valence-corrected chi connectivity index (χ1v) is 7.87. The molecule has 0 radical (unpaired) electrons. The first-order valence-electron chi connectivity index (χ1n) is 7.87. The molecule has 1 N–H and O–H groups in total. The maximum atomic E-state index is 12.2. The summed E-state index contributed by atoms with van der Waals surface area (Å²) in [7, 11) is 0. The molecule has 122 valence electrons. The van der Waals surface area contributed by atoms with E-state index in [1.54, 1.807) is 4.90 Å². The molecule has 0 spiro atoms. The van der Waals surface area contributed by atoms with E-state index < -0.39 is 0 Å². The van der Waals surface area contributed by atoms with Crippen molar-refractivity contribution >= 4 is 11.8 Å². The molecule has 1 saturated heterocycles. The number of nitrogens with one attached hydrogen (secondary N) is 1. The maximum absolute atomic E-state index is 12.2. The van der Waals surface area contributed by atoms with Gasteiger partial charge in [-0.2, -0.15) is 0 Å². The summed E-state index contributed by atoms with van der Waals surface area (Å²) in [5.41, 5.74) is 0.878. The number of hydrogen-bond donors (Lipinski definition) is 1. The Morgan fingerprint density at radius 1 is 1.45 bits per heavy atom. The number of amides is 2. The fourth-order valence-electron chi connectivity index (χ4n) is 2.57. The summed E-state index contributed by atoms with van der Waals surface area (Å²) < 4.78 is 5.19. The van der Waals surface area contributed by atoms with Crippen LogP contribution in [0.2, 0.25) is 0 Å². The van der Waals surface area contributed by atoms with Crippen LogP contribution in [-0.2, 0) is 16.1 Å². The van der Waals surface area contributed by atoms with E-state index in [-0.39, 0.29) is 17.7 Å². The van der Waals surface area contributed by atoms with Gasteiger partial charge in [0.1, 0.15) is 0 Å². The summed E-state index contributed by atoms with van der Waals surface area (Å²) in [5, 5.41) is 6.80. The number of hydrogen-bond acceptors (Lipinski definition) is 4. The molecule has 1 aliphatic rings. The van der Waals surface area contributed by atoms with Crippen LogP contribution >= 0.6 is 0 Å². The Morgan fingerprint density at radius 2 is 2.18 bits per heavy atom. The van der Waals surface area contributed by atoms with Gasteiger partial charge in [-0.25, -0.2) is 0 Å². The van der Waals surface area contributed by atoms with Crippen LogP contribution in [0, 0.1) is 11.8 Å². The zero-order chi connectivity index (χ0) is 16.3. The van der Waals surface area contributed by atoms with Crippen molar-refractivity contribution in [2.45, 2.75) is 46.6 Å². The molecule has 1 aromatic rings. The molecule has 1 aromatic heterocycles. The second-order valence-corrected chi connectivity index (χ2v) is 6.68. The minimum absolute atomic E-state index is 0.0654. The zero-order valence-electron chi connectivity index (χ0n) is 13.8. The van der Waals surface area contributed by atoms with Crippen molar-refractivity contribution in [2.24, 2.45) is 11.8 Å². The van der Waals surface area contributed by atoms with Gasteiger partial charge in [-0.05, 0) is 11.8 Å². The van der Waals surface area contributed by atoms with Crippen LogP contribution in [0.1, 0.15) is 51.5 Å². The van der Waals surface area contributed by atoms with E-state index in [9.17, 15) is 9.59 Å². The second-order valence-electron chi connectivity index (χ2n) is 6.68. The molecule has 6 nitrogen and oxygen atoms in total. The normalized spacial score (nSPS) is 18.5. The van der Waals surface area contributed by atoms with Crippen molar-refractivity contribution in [3.05, 3.63) is 17.5 Å². The van der Waals surface area contributed by atoms with Crippen LogP contribution < -0.4 is 5.32 Å². The third-order valence-electron chi connectivity index (χ3n) is 3.78. The Balaban J connectivity index is 1.83. The third kappa shape index (κ3) is 4.08. The molecule has 0 saturated carbocycles. The lowest BCUT2D eigenvalue weighted by Crippen LogP contribution is -2.33. The molecule has 0 unspecified atom stereocenters. The molecule has 2 rings (SSSR count). The van der Waals surface area contributed by atoms with Gasteiger partial charge in [0.05, 0.1) is 18.2 Å². The maximum Gasteiger partial charge on any atom is 0.225 e. The first kappa shape index (κ1) is 16.5. The van der Waals surface area contributed by atoms with Gasteiger partial charge in [0, 0.05) is 25.6 Å². The highest BCUT2D eigenvalue weighted by Crippen LogP contribution is 2.19. The fraction of sp³-hybridized carbons (Fsp3) is 0.688. The van der Waals surface area contributed by atoms with Gasteiger partial charge < -0.3 is 14.7 Å². The molecule has 6 heteroatoms. The number of nitrogens with zero attached hydrogens (tertiary/aromatic N) is 2. The van der Waals surface area contributed by atoms with Crippen LogP contribution in [0.3, 0.4) is 0 Å². The highest BCUT2D eigenvalue weighted by atomic mass is 16.5. The van der Waals surface area contributed by atoms with E-state index in [0.717, 1.165) is 5.69 Å². The van der Waals surface area contributed by atoms with Crippen LogP contribution in [0.5, 0.6) is 0 Å². The minimum Gasteiger partial charge on any atom is -0.359 e. The average molecular weight is 307 g/mol. The van der Waals surface area contributed by atoms with E-state index >= 15 is 0 Å². The molecule has 1 aliphatic heterocycles. The van der Waals surface area contributed by atoms with Gasteiger partial charge in [0.2, 0.25) is 11.8 Å². The summed E-state index contributed by atoms with van der Waals surface area (Å²) >= 11 is 0. The van der Waals surface area contributed by atoms with E-state index in [1.807, 2.05) is 19.9 Å². The first-order chi connectivity index (χ1) is 10.4. The van der Waals surface area contributed by atoms with Gasteiger partial charge in [0.25, 0.3) is 0 Å². The van der Waals surface area contributed by atoms with Crippen LogP contribution in [0.15, 0.2) is 10.6 Å². The van der Waals surface area contributed by atoms with Gasteiger partial charge in [0.15, 0.2) is 5.76 Å². The zero-order valence-corrected chi connectivity index (χ0v) is 13.8. The van der Waals surface area contributed by atoms with E-state index in [4.69, 9.17) is 4.52 Å². The summed E-state index contributed by atoms with van der Waals surface area (Å²) in [6, 6.07) is 1.86. The summed E-state index contributed by atoms with van der Waals surface area (Å²) in [5.74, 6) is 1.05. The van der Waals surface area contributed by atoms with Gasteiger partial charge in [-0.3, -0.25) is 9.59 Å². The fourth-order valence-corrected chi connectivity index (χ4v) is 2.57. The topological polar surface area (TPSA) is 75.4 Å². The lowest BCUT2D eigenvalue weighted by molar-refractivity contribution is -0.129. The number of carbonyl (C=O) groups excluding carboxylic acids is 2. The van der Waals surface area contributed by atoms with Crippen LogP contribution in [0.25, 0.3) is 0 Å². The molecular weight excluding hydrogens is 282 g/mol. The molecule has 1 fully saturated rings. The van der Waals surface area contributed by atoms with Crippen molar-refractivity contribution in [1.29, 1.82) is 0 Å². The van der Waals surface area contributed by atoms with Crippen molar-refractivity contribution in [1.82, 2.24) is 15.4 Å². The smallest absolute Gasteiger partial charge is 0.225 e. The number of carbonyl (C=O) groups is 2. The molecule has 0 aromatic carbocycles. The highest BCUT2D eigenvalue weighted by Gasteiger charge is 2.34. The Bertz CT molecular complexity index is 536. The quantitative estimate of drug-likeness (QED) is 0.871. The standard InChI is InChI=1S/C16H25N3O3/c1-10(2)8-19-9-12(5-15(19)20)16(21)17-7-13-6-14(11(3)4)18-22-13/h6,10-12H,5,7-9H2,1-4H3,(H,17,21)/t12-/m1/s1. The number of likely N-dealkylation sites (tertiary alicyclic amines) is 1. The van der Waals surface area contributed by atoms with E-state index in [0.29, 0.717) is 43.7 Å². The van der Waals surface area contributed by atoms with Crippen molar-refractivity contribution in [2.75, 3.05) is 13.1 Å². The largest absolute Gasteiger partial charge is 0.359 e. The number of rotatable bonds is 6. The van der Waals surface area contributed by atoms with Crippen molar-refractivity contribution < 1.29 is 14.1 Å². The third-order valence-corrected chi connectivity index (χ3v) is 3.78. The predicted octanol–water partition coefficient (Wildman–Crippen LogP) is 1.92. The van der Waals surface area contributed by atoms with E-state index in [2.05, 4.69) is 24.3 Å². The lowest BCUT2D eigenvalue weighted by Gasteiger charge is -2.18. The molecule has 0 aliphatic carbocycles. The summed E-state index contributed by atoms with van der Waals surface area (Å²) in [6.45, 7) is 9.74. The minimum atomic E-state index is -0.265. The molecule has 0 bridgehead atoms. The Labute approximate surface area is 131 Å². The van der Waals surface area contributed by atoms with Crippen molar-refractivity contribution in [3.63, 3.8) is 0 Å². The van der Waals surface area contributed by atoms with Gasteiger partial charge >= 0.3 is 0 Å². The highest BCUT2D eigenvalue weighted by molar-refractivity contribution is 5.89. The van der Waals surface area contributed by atoms with E-state index in [1.165, 1.54) is 0 Å². The molecule has 2 heterocycles. The lowest BCUT2D eigenvalue weighted by atomic mass is 10.1. The number of aromatic nitrogens is 1. The van der Waals surface area contributed by atoms with Gasteiger partial charge in [-0.1, -0.05) is 32.9 Å². The molecule has 22 heavy (non-hydrogen) atoms. The molecule has 1 atom stereocenters. The van der Waals surface area contributed by atoms with Crippen LogP contribution in [-0.4, -0.2) is 35.0 Å². The Kier molecular flexibility index (Phi) is 5.21. The average Bonchev–Trinajstić information content (AvgIpc) is 3.03. The Morgan fingerprint density at radius 3 is 2.77 bits per heavy atom. The molecule has 2 amide bonds. The summed E-state index contributed by atoms with van der Waals surface area (Å²) in [6.07, 6.45) is 0.298. The van der Waals surface area contributed by atoms with Crippen molar-refractivity contribution in [3.8, 4) is 0 Å². The Hall–Kier alpha value is -1.85. The predicted molar refractivity (Wildman–Crippen MR) is 82.0 cm³/mol. The summed E-state index contributed by atoms with van der Waals surface area (Å²) in [4.78, 5) is 25.9. The monoisotopic (exact) mass is 307 g/mol. The SMILES string of the molecule is CC(C)CN1C[C@H](C(=O)NCc2cc(C(C)C)no2)CC1=O. The molecular formula is C16H25N3O3. The second kappa shape index (κ2) is 6.94. The van der Waals surface area contributed by atoms with Crippen LogP contribution in [0.4, 0.5) is 0 Å². The van der Waals surface area contributed by atoms with Gasteiger partial charge in [-0.15, -0.1) is 0 Å².